The van der Waals surface area contributed by atoms with Crippen molar-refractivity contribution in [1.82, 2.24) is 4.98 Å². The predicted octanol–water partition coefficient (Wildman–Crippen LogP) is 2.04. The Morgan fingerprint density at radius 3 is 2.94 bits per heavy atom. The Hall–Kier alpha value is -1.70. The van der Waals surface area contributed by atoms with Crippen LogP contribution < -0.4 is 4.90 Å². The fourth-order valence-electron chi connectivity index (χ4n) is 1.86. The third kappa shape index (κ3) is 2.11. The van der Waals surface area contributed by atoms with Crippen LogP contribution in [-0.4, -0.2) is 24.5 Å². The Kier molecular flexibility index (Phi) is 3.00. The number of hydrogen-bond acceptors (Lipinski definition) is 3. The molecule has 2 heterocycles. The average molecular weight is 223 g/mol. The first-order valence-electron chi connectivity index (χ1n) is 5.11. The van der Waals surface area contributed by atoms with Gasteiger partial charge in [0.15, 0.2) is 0 Å². The number of pyridine rings is 1. The van der Waals surface area contributed by atoms with E-state index in [1.807, 2.05) is 6.07 Å². The van der Waals surface area contributed by atoms with Gasteiger partial charge in [0.1, 0.15) is 17.6 Å². The Labute approximate surface area is 92.3 Å². The minimum atomic E-state index is -2.27. The molecule has 1 fully saturated rings. The normalized spacial score (nSPS) is 20.1. The van der Waals surface area contributed by atoms with E-state index in [9.17, 15) is 8.78 Å². The topological polar surface area (TPSA) is 39.9 Å². The molecule has 0 aliphatic carbocycles. The second kappa shape index (κ2) is 4.44. The smallest absolute Gasteiger partial charge is 0.243 e. The van der Waals surface area contributed by atoms with Gasteiger partial charge in [-0.25, -0.2) is 13.8 Å². The first-order chi connectivity index (χ1) is 7.70. The molecule has 5 heteroatoms. The molecule has 0 spiro atoms. The lowest BCUT2D eigenvalue weighted by Gasteiger charge is -2.17. The van der Waals surface area contributed by atoms with E-state index in [1.165, 1.54) is 0 Å². The highest BCUT2D eigenvalue weighted by Gasteiger charge is 2.30. The first kappa shape index (κ1) is 10.8. The molecule has 2 rings (SSSR count). The van der Waals surface area contributed by atoms with Crippen molar-refractivity contribution in [2.45, 2.75) is 12.8 Å². The van der Waals surface area contributed by atoms with Crippen LogP contribution in [0.1, 0.15) is 12.1 Å². The summed E-state index contributed by atoms with van der Waals surface area (Å²) in [6.45, 7) is 0.899. The van der Waals surface area contributed by atoms with Gasteiger partial charge in [-0.3, -0.25) is 0 Å². The lowest BCUT2D eigenvalue weighted by atomic mass is 10.1. The predicted molar refractivity (Wildman–Crippen MR) is 55.3 cm³/mol. The molecule has 1 aliphatic rings. The van der Waals surface area contributed by atoms with Gasteiger partial charge in [0, 0.05) is 19.0 Å². The van der Waals surface area contributed by atoms with Crippen LogP contribution in [0.2, 0.25) is 0 Å². The Balaban J connectivity index is 2.12. The van der Waals surface area contributed by atoms with Gasteiger partial charge in [0.05, 0.1) is 0 Å². The summed E-state index contributed by atoms with van der Waals surface area (Å²) in [6.07, 6.45) is -1.79. The van der Waals surface area contributed by atoms with Crippen LogP contribution >= 0.6 is 0 Å². The minimum absolute atomic E-state index is 0.318. The zero-order chi connectivity index (χ0) is 11.5. The molecule has 1 unspecified atom stereocenters. The Morgan fingerprint density at radius 2 is 2.31 bits per heavy atom. The van der Waals surface area contributed by atoms with Gasteiger partial charge in [-0.2, -0.15) is 5.26 Å². The summed E-state index contributed by atoms with van der Waals surface area (Å²) in [4.78, 5) is 5.89. The number of rotatable bonds is 2. The van der Waals surface area contributed by atoms with Gasteiger partial charge < -0.3 is 4.90 Å². The number of alkyl halides is 2. The quantitative estimate of drug-likeness (QED) is 0.770. The maximum absolute atomic E-state index is 12.5. The zero-order valence-corrected chi connectivity index (χ0v) is 8.61. The zero-order valence-electron chi connectivity index (χ0n) is 8.61. The van der Waals surface area contributed by atoms with E-state index in [1.54, 1.807) is 23.1 Å². The van der Waals surface area contributed by atoms with Crippen LogP contribution in [0, 0.1) is 17.2 Å². The van der Waals surface area contributed by atoms with Crippen molar-refractivity contribution >= 4 is 5.82 Å². The van der Waals surface area contributed by atoms with E-state index in [0.29, 0.717) is 31.0 Å². The third-order valence-corrected chi connectivity index (χ3v) is 2.75. The molecule has 0 saturated carbocycles. The highest BCUT2D eigenvalue weighted by molar-refractivity contribution is 5.42. The highest BCUT2D eigenvalue weighted by Crippen LogP contribution is 2.26. The average Bonchev–Trinajstić information content (AvgIpc) is 2.78. The van der Waals surface area contributed by atoms with Crippen molar-refractivity contribution in [1.29, 1.82) is 5.26 Å². The van der Waals surface area contributed by atoms with Crippen LogP contribution in [-0.2, 0) is 0 Å². The van der Waals surface area contributed by atoms with E-state index in [4.69, 9.17) is 5.26 Å². The number of nitrogens with zero attached hydrogens (tertiary/aromatic N) is 3. The van der Waals surface area contributed by atoms with Gasteiger partial charge in [0.2, 0.25) is 6.43 Å². The molecule has 1 aliphatic heterocycles. The molecular weight excluding hydrogens is 212 g/mol. The number of nitriles is 1. The summed E-state index contributed by atoms with van der Waals surface area (Å²) < 4.78 is 25.0. The largest absolute Gasteiger partial charge is 0.356 e. The monoisotopic (exact) mass is 223 g/mol. The molecule has 3 nitrogen and oxygen atoms in total. The number of anilines is 1. The standard InChI is InChI=1S/C11H11F2N3/c12-11(13)8-4-5-16(7-8)10-3-1-2-9(6-14)15-10/h1-3,8,11H,4-5,7H2. The van der Waals surface area contributed by atoms with Crippen molar-refractivity contribution in [3.63, 3.8) is 0 Å². The van der Waals surface area contributed by atoms with Gasteiger partial charge in [0.25, 0.3) is 0 Å². The summed E-state index contributed by atoms with van der Waals surface area (Å²) in [6, 6.07) is 7.00. The van der Waals surface area contributed by atoms with E-state index >= 15 is 0 Å². The molecule has 0 bridgehead atoms. The van der Waals surface area contributed by atoms with Crippen molar-refractivity contribution in [3.05, 3.63) is 23.9 Å². The van der Waals surface area contributed by atoms with Crippen LogP contribution in [0.25, 0.3) is 0 Å². The molecule has 1 aromatic rings. The van der Waals surface area contributed by atoms with Gasteiger partial charge in [-0.15, -0.1) is 0 Å². The van der Waals surface area contributed by atoms with Gasteiger partial charge in [-0.05, 0) is 18.6 Å². The first-order valence-corrected chi connectivity index (χ1v) is 5.11. The van der Waals surface area contributed by atoms with E-state index in [-0.39, 0.29) is 0 Å². The molecule has 1 aromatic heterocycles. The van der Waals surface area contributed by atoms with Crippen molar-refractivity contribution in [2.75, 3.05) is 18.0 Å². The molecule has 84 valence electrons. The summed E-state index contributed by atoms with van der Waals surface area (Å²) in [5.41, 5.74) is 0.318. The van der Waals surface area contributed by atoms with Gasteiger partial charge >= 0.3 is 0 Å². The Morgan fingerprint density at radius 1 is 1.50 bits per heavy atom. The fourth-order valence-corrected chi connectivity index (χ4v) is 1.86. The summed E-state index contributed by atoms with van der Waals surface area (Å²) >= 11 is 0. The second-order valence-corrected chi connectivity index (χ2v) is 3.82. The van der Waals surface area contributed by atoms with Gasteiger partial charge in [-0.1, -0.05) is 6.07 Å². The summed E-state index contributed by atoms with van der Waals surface area (Å²) in [5.74, 6) is 0.0368. The molecular formula is C11H11F2N3. The molecule has 1 saturated heterocycles. The lowest BCUT2D eigenvalue weighted by molar-refractivity contribution is 0.0880. The SMILES string of the molecule is N#Cc1cccc(N2CCC(C(F)F)C2)n1. The fraction of sp³-hybridized carbons (Fsp3) is 0.455. The lowest BCUT2D eigenvalue weighted by Crippen LogP contribution is -2.22. The van der Waals surface area contributed by atoms with E-state index < -0.39 is 12.3 Å². The molecule has 0 N–H and O–H groups in total. The number of halogens is 2. The van der Waals surface area contributed by atoms with Crippen molar-refractivity contribution in [2.24, 2.45) is 5.92 Å². The van der Waals surface area contributed by atoms with Crippen LogP contribution in [0.4, 0.5) is 14.6 Å². The third-order valence-electron chi connectivity index (χ3n) is 2.75. The van der Waals surface area contributed by atoms with Crippen LogP contribution in [0.15, 0.2) is 18.2 Å². The maximum Gasteiger partial charge on any atom is 0.243 e. The van der Waals surface area contributed by atoms with Crippen LogP contribution in [0.5, 0.6) is 0 Å². The number of hydrogen-bond donors (Lipinski definition) is 0. The molecule has 16 heavy (non-hydrogen) atoms. The number of aromatic nitrogens is 1. The van der Waals surface area contributed by atoms with E-state index in [0.717, 1.165) is 0 Å². The molecule has 0 radical (unpaired) electrons. The minimum Gasteiger partial charge on any atom is -0.356 e. The molecule has 0 amide bonds. The maximum atomic E-state index is 12.5. The van der Waals surface area contributed by atoms with Crippen molar-refractivity contribution < 1.29 is 8.78 Å². The highest BCUT2D eigenvalue weighted by atomic mass is 19.3. The van der Waals surface area contributed by atoms with E-state index in [2.05, 4.69) is 4.98 Å². The molecule has 1 atom stereocenters. The van der Waals surface area contributed by atoms with Crippen molar-refractivity contribution in [3.8, 4) is 6.07 Å². The Bertz CT molecular complexity index is 414. The molecule has 0 aromatic carbocycles. The summed E-state index contributed by atoms with van der Waals surface area (Å²) in [5, 5.41) is 8.69. The summed E-state index contributed by atoms with van der Waals surface area (Å²) in [7, 11) is 0. The van der Waals surface area contributed by atoms with Crippen LogP contribution in [0.3, 0.4) is 0 Å². The second-order valence-electron chi connectivity index (χ2n) is 3.82.